The van der Waals surface area contributed by atoms with Crippen molar-refractivity contribution < 1.29 is 9.90 Å². The van der Waals surface area contributed by atoms with Crippen molar-refractivity contribution in [2.75, 3.05) is 13.1 Å². The standard InChI is InChI=1S/C10H16N4O2/c1-2-14-9(11-7-12-14)6-13-4-3-8(5-13)10(15)16/h7-8H,2-6H2,1H3,(H,15,16). The van der Waals surface area contributed by atoms with Crippen LogP contribution in [0.15, 0.2) is 6.33 Å². The number of carboxylic acids is 1. The third-order valence-corrected chi connectivity index (χ3v) is 2.98. The van der Waals surface area contributed by atoms with Crippen LogP contribution in [0, 0.1) is 5.92 Å². The molecule has 88 valence electrons. The summed E-state index contributed by atoms with van der Waals surface area (Å²) in [4.78, 5) is 17.1. The van der Waals surface area contributed by atoms with E-state index in [1.165, 1.54) is 0 Å². The first-order chi connectivity index (χ1) is 7.70. The molecule has 1 aromatic heterocycles. The van der Waals surface area contributed by atoms with Crippen LogP contribution in [0.1, 0.15) is 19.2 Å². The molecule has 0 amide bonds. The molecule has 0 bridgehead atoms. The highest BCUT2D eigenvalue weighted by atomic mass is 16.4. The summed E-state index contributed by atoms with van der Waals surface area (Å²) >= 11 is 0. The molecule has 0 aromatic carbocycles. The number of carboxylic acid groups (broad SMARTS) is 1. The predicted octanol–water partition coefficient (Wildman–Crippen LogP) is 0.204. The molecule has 1 unspecified atom stereocenters. The number of likely N-dealkylation sites (tertiary alicyclic amines) is 1. The maximum absolute atomic E-state index is 10.8. The minimum Gasteiger partial charge on any atom is -0.481 e. The van der Waals surface area contributed by atoms with Crippen molar-refractivity contribution in [3.05, 3.63) is 12.2 Å². The summed E-state index contributed by atoms with van der Waals surface area (Å²) in [6.45, 7) is 4.95. The number of carbonyl (C=O) groups is 1. The van der Waals surface area contributed by atoms with Crippen LogP contribution in [0.3, 0.4) is 0 Å². The first-order valence-electron chi connectivity index (χ1n) is 5.52. The van der Waals surface area contributed by atoms with E-state index in [4.69, 9.17) is 5.11 Å². The Bertz CT molecular complexity index is 377. The van der Waals surface area contributed by atoms with E-state index < -0.39 is 5.97 Å². The van der Waals surface area contributed by atoms with Crippen LogP contribution in [-0.2, 0) is 17.9 Å². The van der Waals surface area contributed by atoms with Crippen LogP contribution in [-0.4, -0.2) is 43.8 Å². The van der Waals surface area contributed by atoms with Gasteiger partial charge in [0.2, 0.25) is 0 Å². The van der Waals surface area contributed by atoms with E-state index in [-0.39, 0.29) is 5.92 Å². The molecule has 6 nitrogen and oxygen atoms in total. The largest absolute Gasteiger partial charge is 0.481 e. The van der Waals surface area contributed by atoms with Crippen molar-refractivity contribution in [2.24, 2.45) is 5.92 Å². The normalized spacial score (nSPS) is 21.4. The van der Waals surface area contributed by atoms with Crippen LogP contribution >= 0.6 is 0 Å². The van der Waals surface area contributed by atoms with Gasteiger partial charge < -0.3 is 5.11 Å². The summed E-state index contributed by atoms with van der Waals surface area (Å²) in [5.41, 5.74) is 0. The topological polar surface area (TPSA) is 71.2 Å². The maximum atomic E-state index is 10.8. The van der Waals surface area contributed by atoms with Gasteiger partial charge in [0, 0.05) is 13.1 Å². The number of rotatable bonds is 4. The predicted molar refractivity (Wildman–Crippen MR) is 56.7 cm³/mol. The molecule has 1 aliphatic heterocycles. The van der Waals surface area contributed by atoms with Gasteiger partial charge in [-0.2, -0.15) is 5.10 Å². The summed E-state index contributed by atoms with van der Waals surface area (Å²) in [5.74, 6) is -0.00834. The van der Waals surface area contributed by atoms with Gasteiger partial charge in [-0.15, -0.1) is 0 Å². The highest BCUT2D eigenvalue weighted by molar-refractivity contribution is 5.70. The quantitative estimate of drug-likeness (QED) is 0.791. The van der Waals surface area contributed by atoms with Crippen molar-refractivity contribution in [1.29, 1.82) is 0 Å². The van der Waals surface area contributed by atoms with Gasteiger partial charge in [0.25, 0.3) is 0 Å². The van der Waals surface area contributed by atoms with Crippen LogP contribution in [0.2, 0.25) is 0 Å². The monoisotopic (exact) mass is 224 g/mol. The van der Waals surface area contributed by atoms with Gasteiger partial charge in [0.15, 0.2) is 0 Å². The van der Waals surface area contributed by atoms with Gasteiger partial charge >= 0.3 is 5.97 Å². The molecule has 1 aromatic rings. The van der Waals surface area contributed by atoms with Crippen molar-refractivity contribution in [1.82, 2.24) is 19.7 Å². The molecule has 1 saturated heterocycles. The Morgan fingerprint density at radius 3 is 3.12 bits per heavy atom. The van der Waals surface area contributed by atoms with Gasteiger partial charge in [-0.1, -0.05) is 0 Å². The Kier molecular flexibility index (Phi) is 3.19. The lowest BCUT2D eigenvalue weighted by molar-refractivity contribution is -0.141. The maximum Gasteiger partial charge on any atom is 0.307 e. The number of nitrogens with zero attached hydrogens (tertiary/aromatic N) is 4. The zero-order valence-corrected chi connectivity index (χ0v) is 9.33. The molecule has 0 saturated carbocycles. The molecular weight excluding hydrogens is 208 g/mol. The second-order valence-electron chi connectivity index (χ2n) is 4.05. The van der Waals surface area contributed by atoms with Crippen LogP contribution in [0.25, 0.3) is 0 Å². The Balaban J connectivity index is 1.94. The Morgan fingerprint density at radius 2 is 2.50 bits per heavy atom. The minimum atomic E-state index is -0.695. The fourth-order valence-electron chi connectivity index (χ4n) is 2.05. The summed E-state index contributed by atoms with van der Waals surface area (Å²) in [7, 11) is 0. The van der Waals surface area contributed by atoms with Crippen molar-refractivity contribution >= 4 is 5.97 Å². The van der Waals surface area contributed by atoms with Gasteiger partial charge in [0.1, 0.15) is 12.2 Å². The van der Waals surface area contributed by atoms with E-state index in [0.717, 1.165) is 25.3 Å². The zero-order chi connectivity index (χ0) is 11.5. The lowest BCUT2D eigenvalue weighted by Crippen LogP contribution is -2.24. The Labute approximate surface area is 93.9 Å². The summed E-state index contributed by atoms with van der Waals surface area (Å²) in [6.07, 6.45) is 2.28. The molecular formula is C10H16N4O2. The zero-order valence-electron chi connectivity index (χ0n) is 9.33. The number of aryl methyl sites for hydroxylation is 1. The van der Waals surface area contributed by atoms with Crippen LogP contribution in [0.4, 0.5) is 0 Å². The first kappa shape index (κ1) is 11.1. The van der Waals surface area contributed by atoms with E-state index >= 15 is 0 Å². The van der Waals surface area contributed by atoms with Crippen molar-refractivity contribution in [2.45, 2.75) is 26.4 Å². The molecule has 1 atom stereocenters. The van der Waals surface area contributed by atoms with Crippen LogP contribution < -0.4 is 0 Å². The second kappa shape index (κ2) is 4.61. The number of hydrogen-bond acceptors (Lipinski definition) is 4. The van der Waals surface area contributed by atoms with E-state index in [0.29, 0.717) is 13.1 Å². The highest BCUT2D eigenvalue weighted by Crippen LogP contribution is 2.17. The lowest BCUT2D eigenvalue weighted by Gasteiger charge is -2.14. The van der Waals surface area contributed by atoms with Gasteiger partial charge in [-0.3, -0.25) is 9.69 Å². The fraction of sp³-hybridized carbons (Fsp3) is 0.700. The third kappa shape index (κ3) is 2.21. The Morgan fingerprint density at radius 1 is 1.69 bits per heavy atom. The van der Waals surface area contributed by atoms with Gasteiger partial charge in [-0.25, -0.2) is 9.67 Å². The molecule has 2 rings (SSSR count). The highest BCUT2D eigenvalue weighted by Gasteiger charge is 2.28. The summed E-state index contributed by atoms with van der Waals surface area (Å²) in [6, 6.07) is 0. The third-order valence-electron chi connectivity index (χ3n) is 2.98. The van der Waals surface area contributed by atoms with Gasteiger partial charge in [0.05, 0.1) is 12.5 Å². The smallest absolute Gasteiger partial charge is 0.307 e. The molecule has 1 aliphatic rings. The number of aromatic nitrogens is 3. The number of aliphatic carboxylic acids is 1. The van der Waals surface area contributed by atoms with E-state index in [1.54, 1.807) is 6.33 Å². The molecule has 2 heterocycles. The van der Waals surface area contributed by atoms with Crippen molar-refractivity contribution in [3.63, 3.8) is 0 Å². The molecule has 0 aliphatic carbocycles. The van der Waals surface area contributed by atoms with E-state index in [2.05, 4.69) is 15.0 Å². The average Bonchev–Trinajstić information content (AvgIpc) is 2.87. The molecule has 0 spiro atoms. The number of hydrogen-bond donors (Lipinski definition) is 1. The first-order valence-corrected chi connectivity index (χ1v) is 5.52. The SMILES string of the molecule is CCn1ncnc1CN1CCC(C(=O)O)C1. The second-order valence-corrected chi connectivity index (χ2v) is 4.05. The molecule has 1 N–H and O–H groups in total. The fourth-order valence-corrected chi connectivity index (χ4v) is 2.05. The summed E-state index contributed by atoms with van der Waals surface area (Å²) < 4.78 is 1.84. The minimum absolute atomic E-state index is 0.224. The van der Waals surface area contributed by atoms with Crippen molar-refractivity contribution in [3.8, 4) is 0 Å². The molecule has 6 heteroatoms. The average molecular weight is 224 g/mol. The molecule has 0 radical (unpaired) electrons. The van der Waals surface area contributed by atoms with E-state index in [9.17, 15) is 4.79 Å². The summed E-state index contributed by atoms with van der Waals surface area (Å²) in [5, 5.41) is 13.0. The molecule has 1 fully saturated rings. The lowest BCUT2D eigenvalue weighted by atomic mass is 10.1. The Hall–Kier alpha value is -1.43. The molecule has 16 heavy (non-hydrogen) atoms. The van der Waals surface area contributed by atoms with Gasteiger partial charge in [-0.05, 0) is 19.9 Å². The van der Waals surface area contributed by atoms with Crippen LogP contribution in [0.5, 0.6) is 0 Å². The van der Waals surface area contributed by atoms with E-state index in [1.807, 2.05) is 11.6 Å².